The van der Waals surface area contributed by atoms with Crippen molar-refractivity contribution in [3.8, 4) is 10.6 Å². The SMILES string of the molecule is Cc1nc2ccccc2c2c(NC(=O)c3csc(-c4cnn(C)c4)n3)c3ccccc3n12. The number of aryl methyl sites for hydroxylation is 2. The van der Waals surface area contributed by atoms with E-state index in [1.807, 2.05) is 68.7 Å². The van der Waals surface area contributed by atoms with Gasteiger partial charge < -0.3 is 5.32 Å². The van der Waals surface area contributed by atoms with Crippen molar-refractivity contribution in [1.82, 2.24) is 24.1 Å². The number of rotatable bonds is 3. The van der Waals surface area contributed by atoms with E-state index < -0.39 is 0 Å². The maximum Gasteiger partial charge on any atom is 0.275 e. The maximum atomic E-state index is 13.3. The van der Waals surface area contributed by atoms with E-state index in [0.29, 0.717) is 5.69 Å². The average molecular weight is 439 g/mol. The van der Waals surface area contributed by atoms with Crippen LogP contribution >= 0.6 is 11.3 Å². The van der Waals surface area contributed by atoms with E-state index in [0.717, 1.165) is 49.4 Å². The van der Waals surface area contributed by atoms with Gasteiger partial charge in [-0.15, -0.1) is 11.3 Å². The zero-order chi connectivity index (χ0) is 21.8. The van der Waals surface area contributed by atoms with Crippen molar-refractivity contribution >= 4 is 50.3 Å². The molecule has 4 heterocycles. The molecule has 0 aliphatic heterocycles. The zero-order valence-corrected chi connectivity index (χ0v) is 18.2. The Balaban J connectivity index is 1.51. The van der Waals surface area contributed by atoms with Gasteiger partial charge in [-0.2, -0.15) is 5.10 Å². The second-order valence-corrected chi connectivity index (χ2v) is 8.51. The minimum Gasteiger partial charge on any atom is -0.318 e. The molecule has 0 radical (unpaired) electrons. The van der Waals surface area contributed by atoms with Crippen LogP contribution in [0.5, 0.6) is 0 Å². The van der Waals surface area contributed by atoms with Crippen molar-refractivity contribution in [1.29, 1.82) is 0 Å². The van der Waals surface area contributed by atoms with Crippen molar-refractivity contribution in [3.63, 3.8) is 0 Å². The zero-order valence-electron chi connectivity index (χ0n) is 17.4. The molecular formula is C24H18N6OS. The number of benzene rings is 2. The molecule has 7 nitrogen and oxygen atoms in total. The van der Waals surface area contributed by atoms with Gasteiger partial charge in [-0.3, -0.25) is 13.9 Å². The van der Waals surface area contributed by atoms with Crippen molar-refractivity contribution in [3.05, 3.63) is 77.8 Å². The van der Waals surface area contributed by atoms with Gasteiger partial charge >= 0.3 is 0 Å². The summed E-state index contributed by atoms with van der Waals surface area (Å²) in [4.78, 5) is 22.6. The van der Waals surface area contributed by atoms with Gasteiger partial charge in [0.15, 0.2) is 0 Å². The molecule has 156 valence electrons. The molecule has 6 rings (SSSR count). The molecule has 6 aromatic rings. The summed E-state index contributed by atoms with van der Waals surface area (Å²) < 4.78 is 3.83. The lowest BCUT2D eigenvalue weighted by atomic mass is 10.1. The molecule has 8 heteroatoms. The van der Waals surface area contributed by atoms with Crippen LogP contribution in [0.15, 0.2) is 66.3 Å². The second-order valence-electron chi connectivity index (χ2n) is 7.65. The molecule has 0 saturated heterocycles. The first-order valence-electron chi connectivity index (χ1n) is 10.1. The largest absolute Gasteiger partial charge is 0.318 e. The molecule has 0 saturated carbocycles. The molecule has 0 bridgehead atoms. The predicted octanol–water partition coefficient (Wildman–Crippen LogP) is 5.06. The lowest BCUT2D eigenvalue weighted by Crippen LogP contribution is -2.12. The number of amides is 1. The number of carbonyl (C=O) groups excluding carboxylic acids is 1. The van der Waals surface area contributed by atoms with Gasteiger partial charge in [0, 0.05) is 35.0 Å². The van der Waals surface area contributed by atoms with Gasteiger partial charge in [0.1, 0.15) is 16.5 Å². The molecular weight excluding hydrogens is 420 g/mol. The van der Waals surface area contributed by atoms with E-state index in [2.05, 4.69) is 19.8 Å². The molecule has 0 atom stereocenters. The van der Waals surface area contributed by atoms with Crippen LogP contribution < -0.4 is 5.32 Å². The van der Waals surface area contributed by atoms with Gasteiger partial charge in [0.05, 0.1) is 28.4 Å². The number of nitrogens with zero attached hydrogens (tertiary/aromatic N) is 5. The summed E-state index contributed by atoms with van der Waals surface area (Å²) in [5.41, 5.74) is 4.87. The van der Waals surface area contributed by atoms with Crippen LogP contribution in [-0.4, -0.2) is 30.1 Å². The average Bonchev–Trinajstić information content (AvgIpc) is 3.52. The fraction of sp³-hybridized carbons (Fsp3) is 0.0833. The summed E-state index contributed by atoms with van der Waals surface area (Å²) >= 11 is 1.43. The molecule has 1 N–H and O–H groups in total. The van der Waals surface area contributed by atoms with Crippen molar-refractivity contribution in [2.24, 2.45) is 7.05 Å². The van der Waals surface area contributed by atoms with E-state index in [-0.39, 0.29) is 5.91 Å². The fourth-order valence-corrected chi connectivity index (χ4v) is 4.95. The summed E-state index contributed by atoms with van der Waals surface area (Å²) in [5, 5.41) is 11.8. The van der Waals surface area contributed by atoms with Crippen molar-refractivity contribution < 1.29 is 4.79 Å². The molecule has 0 aliphatic rings. The lowest BCUT2D eigenvalue weighted by molar-refractivity contribution is 0.102. The Morgan fingerprint density at radius 2 is 1.81 bits per heavy atom. The van der Waals surface area contributed by atoms with Crippen LogP contribution in [0.4, 0.5) is 5.69 Å². The highest BCUT2D eigenvalue weighted by Crippen LogP contribution is 2.36. The quantitative estimate of drug-likeness (QED) is 0.419. The first kappa shape index (κ1) is 18.7. The highest BCUT2D eigenvalue weighted by molar-refractivity contribution is 7.13. The molecule has 0 aliphatic carbocycles. The molecule has 0 spiro atoms. The summed E-state index contributed by atoms with van der Waals surface area (Å²) in [6.07, 6.45) is 3.63. The van der Waals surface area contributed by atoms with Crippen LogP contribution in [0.1, 0.15) is 16.3 Å². The van der Waals surface area contributed by atoms with Gasteiger partial charge in [-0.1, -0.05) is 36.4 Å². The molecule has 1 amide bonds. The predicted molar refractivity (Wildman–Crippen MR) is 127 cm³/mol. The standard InChI is InChI=1S/C24H18N6OS/c1-14-26-18-9-5-3-7-16(18)22-21(17-8-4-6-10-20(17)30(14)22)28-23(31)19-13-32-24(27-19)15-11-25-29(2)12-15/h3-13H,1-2H3,(H,28,31). The smallest absolute Gasteiger partial charge is 0.275 e. The Morgan fingerprint density at radius 1 is 1.03 bits per heavy atom. The normalized spacial score (nSPS) is 11.6. The Labute approximate surface area is 187 Å². The monoisotopic (exact) mass is 438 g/mol. The number of aromatic nitrogens is 5. The lowest BCUT2D eigenvalue weighted by Gasteiger charge is -2.08. The third kappa shape index (κ3) is 2.80. The summed E-state index contributed by atoms with van der Waals surface area (Å²) in [7, 11) is 1.86. The summed E-state index contributed by atoms with van der Waals surface area (Å²) in [6.45, 7) is 1.98. The number of anilines is 1. The first-order chi connectivity index (χ1) is 15.6. The Bertz CT molecular complexity index is 1660. The highest BCUT2D eigenvalue weighted by Gasteiger charge is 2.20. The Morgan fingerprint density at radius 3 is 2.62 bits per heavy atom. The highest BCUT2D eigenvalue weighted by atomic mass is 32.1. The van der Waals surface area contributed by atoms with Crippen LogP contribution in [0.3, 0.4) is 0 Å². The van der Waals surface area contributed by atoms with Crippen molar-refractivity contribution in [2.75, 3.05) is 5.32 Å². The maximum absolute atomic E-state index is 13.3. The molecule has 0 unspecified atom stereocenters. The van der Waals surface area contributed by atoms with Gasteiger partial charge in [-0.25, -0.2) is 9.97 Å². The molecule has 0 fully saturated rings. The van der Waals surface area contributed by atoms with Crippen molar-refractivity contribution in [2.45, 2.75) is 6.92 Å². The molecule has 32 heavy (non-hydrogen) atoms. The van der Waals surface area contributed by atoms with Crippen LogP contribution in [0.25, 0.3) is 37.9 Å². The number of para-hydroxylation sites is 2. The minimum atomic E-state index is -0.242. The summed E-state index contributed by atoms with van der Waals surface area (Å²) in [6, 6.07) is 16.0. The van der Waals surface area contributed by atoms with Crippen LogP contribution in [0.2, 0.25) is 0 Å². The third-order valence-electron chi connectivity index (χ3n) is 5.57. The molecule has 2 aromatic carbocycles. The topological polar surface area (TPSA) is 77.1 Å². The van der Waals surface area contributed by atoms with Gasteiger partial charge in [0.25, 0.3) is 5.91 Å². The van der Waals surface area contributed by atoms with Gasteiger partial charge in [-0.05, 0) is 19.1 Å². The van der Waals surface area contributed by atoms with Crippen LogP contribution in [0, 0.1) is 6.92 Å². The fourth-order valence-electron chi connectivity index (χ4n) is 4.17. The van der Waals surface area contributed by atoms with E-state index >= 15 is 0 Å². The number of thiazole rings is 1. The summed E-state index contributed by atoms with van der Waals surface area (Å²) in [5.74, 6) is 0.621. The van der Waals surface area contributed by atoms with Gasteiger partial charge in [0.2, 0.25) is 0 Å². The second kappa shape index (κ2) is 7.00. The third-order valence-corrected chi connectivity index (χ3v) is 6.46. The number of nitrogens with one attached hydrogen (secondary N) is 1. The van der Waals surface area contributed by atoms with E-state index in [1.165, 1.54) is 11.3 Å². The number of fused-ring (bicyclic) bond motifs is 5. The molecule has 4 aromatic heterocycles. The van der Waals surface area contributed by atoms with E-state index in [4.69, 9.17) is 4.98 Å². The number of carbonyl (C=O) groups is 1. The minimum absolute atomic E-state index is 0.242. The van der Waals surface area contributed by atoms with E-state index in [1.54, 1.807) is 16.3 Å². The Kier molecular flexibility index (Phi) is 4.09. The van der Waals surface area contributed by atoms with Crippen LogP contribution in [-0.2, 0) is 7.05 Å². The number of hydrogen-bond acceptors (Lipinski definition) is 5. The van der Waals surface area contributed by atoms with E-state index in [9.17, 15) is 4.79 Å². The first-order valence-corrected chi connectivity index (χ1v) is 11.0. The number of hydrogen-bond donors (Lipinski definition) is 1. The Hall–Kier alpha value is -4.04.